The van der Waals surface area contributed by atoms with Crippen LogP contribution in [0.2, 0.25) is 0 Å². The number of amides is 2. The summed E-state index contributed by atoms with van der Waals surface area (Å²) in [7, 11) is 4.92. The molecule has 3 rings (SSSR count). The number of nitrogens with zero attached hydrogens (tertiary/aromatic N) is 3. The molecule has 296 valence electrons. The van der Waals surface area contributed by atoms with Gasteiger partial charge in [-0.2, -0.15) is 0 Å². The zero-order chi connectivity index (χ0) is 39.3. The number of hydrogen-bond donors (Lipinski definition) is 1. The number of nitrogens with two attached hydrogens (primary N) is 1. The van der Waals surface area contributed by atoms with Crippen molar-refractivity contribution < 1.29 is 47.6 Å². The number of Topliss-reactive ketones (excluding diaryl/α,β-unsaturated/α-hetero) is 1. The normalized spacial score (nSPS) is 17.2. The Hall–Kier alpha value is -4.17. The molecule has 0 aliphatic carbocycles. The van der Waals surface area contributed by atoms with Crippen LogP contribution in [0, 0.1) is 29.1 Å². The van der Waals surface area contributed by atoms with Crippen molar-refractivity contribution in [1.29, 1.82) is 0 Å². The third-order valence-corrected chi connectivity index (χ3v) is 10.2. The van der Waals surface area contributed by atoms with Crippen molar-refractivity contribution in [3.05, 3.63) is 42.0 Å². The molecule has 2 amide bonds. The molecule has 4 atom stereocenters. The Kier molecular flexibility index (Phi) is 16.6. The lowest BCUT2D eigenvalue weighted by Crippen LogP contribution is -2.43. The van der Waals surface area contributed by atoms with E-state index in [1.165, 1.54) is 22.0 Å². The fourth-order valence-electron chi connectivity index (χ4n) is 6.44. The lowest BCUT2D eigenvalue weighted by atomic mass is 9.78. The summed E-state index contributed by atoms with van der Waals surface area (Å²) >= 11 is 0. The summed E-state index contributed by atoms with van der Waals surface area (Å²) in [5.41, 5.74) is 6.03. The number of aryl methyl sites for hydroxylation is 1. The summed E-state index contributed by atoms with van der Waals surface area (Å²) in [6.07, 6.45) is 4.55. The molecule has 0 spiro atoms. The molecule has 1 aliphatic heterocycles. The number of aromatic nitrogens is 2. The number of carbonyl (C=O) groups is 4. The van der Waals surface area contributed by atoms with Crippen LogP contribution in [0.5, 0.6) is 11.5 Å². The molecule has 2 N–H and O–H groups in total. The van der Waals surface area contributed by atoms with Crippen molar-refractivity contribution in [1.82, 2.24) is 14.5 Å². The summed E-state index contributed by atoms with van der Waals surface area (Å²) in [4.78, 5) is 57.2. The van der Waals surface area contributed by atoms with Crippen LogP contribution in [-0.2, 0) is 42.0 Å². The highest BCUT2D eigenvalue weighted by Gasteiger charge is 2.43. The van der Waals surface area contributed by atoms with Crippen LogP contribution >= 0.6 is 0 Å². The van der Waals surface area contributed by atoms with Crippen LogP contribution in [0.15, 0.2) is 30.7 Å². The average molecular weight is 745 g/mol. The lowest BCUT2D eigenvalue weighted by Gasteiger charge is -2.33. The van der Waals surface area contributed by atoms with Crippen molar-refractivity contribution in [2.45, 2.75) is 92.2 Å². The van der Waals surface area contributed by atoms with Gasteiger partial charge in [0.1, 0.15) is 18.2 Å². The highest BCUT2D eigenvalue weighted by Crippen LogP contribution is 2.36. The Labute approximate surface area is 313 Å². The topological polar surface area (TPSA) is 171 Å². The fourth-order valence-corrected chi connectivity index (χ4v) is 6.44. The van der Waals surface area contributed by atoms with E-state index in [0.29, 0.717) is 50.4 Å². The van der Waals surface area contributed by atoms with Gasteiger partial charge >= 0.3 is 12.1 Å². The Morgan fingerprint density at radius 1 is 1.02 bits per heavy atom. The summed E-state index contributed by atoms with van der Waals surface area (Å²) in [6, 6.07) is 5.46. The van der Waals surface area contributed by atoms with E-state index < -0.39 is 42.3 Å². The van der Waals surface area contributed by atoms with E-state index in [2.05, 4.69) is 18.8 Å². The Bertz CT molecular complexity index is 1510. The summed E-state index contributed by atoms with van der Waals surface area (Å²) in [6.45, 7) is 12.2. The summed E-state index contributed by atoms with van der Waals surface area (Å²) in [5.74, 6) is 0.0830. The van der Waals surface area contributed by atoms with E-state index in [9.17, 15) is 19.2 Å². The first-order chi connectivity index (χ1) is 25.1. The molecule has 0 unspecified atom stereocenters. The number of imidazole rings is 1. The predicted octanol–water partition coefficient (Wildman–Crippen LogP) is 5.55. The maximum absolute atomic E-state index is 13.7. The second-order valence-corrected chi connectivity index (χ2v) is 15.1. The van der Waals surface area contributed by atoms with Gasteiger partial charge in [0.15, 0.2) is 11.5 Å². The molecular formula is C39H60N4O10. The van der Waals surface area contributed by atoms with Crippen molar-refractivity contribution in [2.75, 3.05) is 41.0 Å². The standard InChI is InChI=1S/C39H60N4O10/c1-25(2)28(17-27-11-12-33(49-9)35(18-27)50-16-10-15-48-8)19-30-34(20-29(26(3)4)32(44)13-14-39(5,6)37(40)46)51-23-43(30)38(47)53-24-52-36(45)31-21-41-22-42(31)7/h11-12,18,21-22,25-26,28-30,34H,10,13-17,19-20,23-24H2,1-9H3,(H2,40,46)/t28-,29-,30-,34-/m0/s1. The molecule has 14 heteroatoms. The number of methoxy groups -OCH3 is 2. The number of benzene rings is 1. The largest absolute Gasteiger partial charge is 0.493 e. The van der Waals surface area contributed by atoms with E-state index in [1.807, 2.05) is 32.0 Å². The van der Waals surface area contributed by atoms with Crippen molar-refractivity contribution in [3.8, 4) is 11.5 Å². The molecule has 1 aromatic carbocycles. The van der Waals surface area contributed by atoms with Crippen LogP contribution < -0.4 is 15.2 Å². The molecule has 0 bridgehead atoms. The van der Waals surface area contributed by atoms with E-state index in [-0.39, 0.29) is 48.3 Å². The van der Waals surface area contributed by atoms with Gasteiger partial charge in [-0.05, 0) is 61.1 Å². The molecule has 0 saturated carbocycles. The molecular weight excluding hydrogens is 684 g/mol. The monoisotopic (exact) mass is 744 g/mol. The number of primary amides is 1. The van der Waals surface area contributed by atoms with Crippen molar-refractivity contribution in [3.63, 3.8) is 0 Å². The van der Waals surface area contributed by atoms with Crippen LogP contribution in [0.25, 0.3) is 0 Å². The van der Waals surface area contributed by atoms with Gasteiger partial charge in [0.25, 0.3) is 0 Å². The average Bonchev–Trinajstić information content (AvgIpc) is 3.72. The number of rotatable bonds is 22. The Morgan fingerprint density at radius 3 is 2.36 bits per heavy atom. The summed E-state index contributed by atoms with van der Waals surface area (Å²) < 4.78 is 35.2. The predicted molar refractivity (Wildman–Crippen MR) is 197 cm³/mol. The lowest BCUT2D eigenvalue weighted by molar-refractivity contribution is -0.129. The quantitative estimate of drug-likeness (QED) is 0.0911. The van der Waals surface area contributed by atoms with Crippen LogP contribution in [-0.4, -0.2) is 91.3 Å². The van der Waals surface area contributed by atoms with Crippen molar-refractivity contribution in [2.24, 2.45) is 41.9 Å². The number of ketones is 1. The van der Waals surface area contributed by atoms with Crippen LogP contribution in [0.1, 0.15) is 89.7 Å². The third-order valence-electron chi connectivity index (χ3n) is 10.2. The molecule has 2 aromatic rings. The van der Waals surface area contributed by atoms with Gasteiger partial charge in [-0.3, -0.25) is 14.5 Å². The summed E-state index contributed by atoms with van der Waals surface area (Å²) in [5, 5.41) is 0. The van der Waals surface area contributed by atoms with Crippen LogP contribution in [0.3, 0.4) is 0 Å². The fraction of sp³-hybridized carbons (Fsp3) is 0.667. The Morgan fingerprint density at radius 2 is 1.75 bits per heavy atom. The second kappa shape index (κ2) is 20.3. The number of esters is 1. The van der Waals surface area contributed by atoms with E-state index in [1.54, 1.807) is 35.1 Å². The zero-order valence-corrected chi connectivity index (χ0v) is 32.9. The molecule has 1 aliphatic rings. The molecule has 1 aromatic heterocycles. The minimum Gasteiger partial charge on any atom is -0.493 e. The van der Waals surface area contributed by atoms with Gasteiger partial charge in [-0.1, -0.05) is 47.6 Å². The highest BCUT2D eigenvalue weighted by atomic mass is 16.7. The van der Waals surface area contributed by atoms with Gasteiger partial charge in [0, 0.05) is 44.9 Å². The van der Waals surface area contributed by atoms with E-state index in [0.717, 1.165) is 12.0 Å². The molecule has 53 heavy (non-hydrogen) atoms. The zero-order valence-electron chi connectivity index (χ0n) is 32.9. The van der Waals surface area contributed by atoms with Crippen molar-refractivity contribution >= 4 is 23.8 Å². The smallest absolute Gasteiger partial charge is 0.414 e. The number of ether oxygens (including phenoxy) is 6. The van der Waals surface area contributed by atoms with Gasteiger partial charge in [-0.25, -0.2) is 14.6 Å². The second-order valence-electron chi connectivity index (χ2n) is 15.1. The molecule has 0 radical (unpaired) electrons. The first-order valence-corrected chi connectivity index (χ1v) is 18.4. The minimum absolute atomic E-state index is 0.0154. The first-order valence-electron chi connectivity index (χ1n) is 18.4. The highest BCUT2D eigenvalue weighted by molar-refractivity contribution is 5.87. The third kappa shape index (κ3) is 12.4. The van der Waals surface area contributed by atoms with Gasteiger partial charge in [0.2, 0.25) is 12.7 Å². The maximum atomic E-state index is 13.7. The first kappa shape index (κ1) is 43.2. The minimum atomic E-state index is -0.814. The van der Waals surface area contributed by atoms with Gasteiger partial charge in [-0.15, -0.1) is 0 Å². The van der Waals surface area contributed by atoms with Crippen LogP contribution in [0.4, 0.5) is 4.79 Å². The van der Waals surface area contributed by atoms with E-state index >= 15 is 0 Å². The van der Waals surface area contributed by atoms with Gasteiger partial charge < -0.3 is 38.7 Å². The Balaban J connectivity index is 1.84. The number of hydrogen-bond acceptors (Lipinski definition) is 11. The number of carbonyl (C=O) groups excluding carboxylic acids is 4. The SMILES string of the molecule is COCCCOc1cc(C[C@@H](C[C@H]2[C@H](C[C@H](C(=O)CCC(C)(C)C(N)=O)C(C)C)OCN2C(=O)OCOC(=O)c2cncn2C)C(C)C)ccc1OC. The van der Waals surface area contributed by atoms with Gasteiger partial charge in [0.05, 0.1) is 38.4 Å². The molecule has 2 heterocycles. The molecule has 1 fully saturated rings. The maximum Gasteiger partial charge on any atom is 0.414 e. The van der Waals surface area contributed by atoms with E-state index in [4.69, 9.17) is 34.2 Å². The molecule has 14 nitrogen and oxygen atoms in total. The molecule has 1 saturated heterocycles.